The van der Waals surface area contributed by atoms with Crippen LogP contribution in [-0.4, -0.2) is 37.0 Å². The number of thiol groups is 1. The SMILES string of the molecule is O=C(c1ccc(S)cc1)N1CCN(c2ccccc2)CC1. The Labute approximate surface area is 130 Å². The van der Waals surface area contributed by atoms with Gasteiger partial charge in [-0.1, -0.05) is 18.2 Å². The van der Waals surface area contributed by atoms with E-state index in [2.05, 4.69) is 29.7 Å². The lowest BCUT2D eigenvalue weighted by atomic mass is 10.1. The Morgan fingerprint density at radius 2 is 1.48 bits per heavy atom. The highest BCUT2D eigenvalue weighted by Crippen LogP contribution is 2.17. The van der Waals surface area contributed by atoms with E-state index in [1.54, 1.807) is 0 Å². The summed E-state index contributed by atoms with van der Waals surface area (Å²) in [4.78, 5) is 17.6. The van der Waals surface area contributed by atoms with Crippen molar-refractivity contribution in [3.05, 3.63) is 60.2 Å². The van der Waals surface area contributed by atoms with E-state index in [-0.39, 0.29) is 5.91 Å². The van der Waals surface area contributed by atoms with Gasteiger partial charge >= 0.3 is 0 Å². The number of carbonyl (C=O) groups excluding carboxylic acids is 1. The second-order valence-corrected chi connectivity index (χ2v) is 5.68. The smallest absolute Gasteiger partial charge is 0.253 e. The minimum atomic E-state index is 0.107. The molecular weight excluding hydrogens is 280 g/mol. The van der Waals surface area contributed by atoms with Crippen molar-refractivity contribution in [3.8, 4) is 0 Å². The molecule has 4 heteroatoms. The molecule has 3 nitrogen and oxygen atoms in total. The van der Waals surface area contributed by atoms with Crippen molar-refractivity contribution in [2.75, 3.05) is 31.1 Å². The van der Waals surface area contributed by atoms with E-state index in [9.17, 15) is 4.79 Å². The van der Waals surface area contributed by atoms with Gasteiger partial charge < -0.3 is 9.80 Å². The van der Waals surface area contributed by atoms with Crippen LogP contribution in [0.25, 0.3) is 0 Å². The zero-order valence-corrected chi connectivity index (χ0v) is 12.7. The van der Waals surface area contributed by atoms with Crippen molar-refractivity contribution in [2.45, 2.75) is 4.90 Å². The molecule has 0 N–H and O–H groups in total. The molecule has 0 bridgehead atoms. The van der Waals surface area contributed by atoms with Gasteiger partial charge in [-0.25, -0.2) is 0 Å². The normalized spacial score (nSPS) is 15.1. The van der Waals surface area contributed by atoms with Crippen molar-refractivity contribution in [3.63, 3.8) is 0 Å². The van der Waals surface area contributed by atoms with Gasteiger partial charge in [-0.3, -0.25) is 4.79 Å². The molecule has 0 unspecified atom stereocenters. The molecular formula is C17H18N2OS. The highest BCUT2D eigenvalue weighted by molar-refractivity contribution is 7.80. The Morgan fingerprint density at radius 3 is 2.10 bits per heavy atom. The van der Waals surface area contributed by atoms with E-state index in [1.165, 1.54) is 5.69 Å². The molecule has 1 aliphatic heterocycles. The molecule has 0 aliphatic carbocycles. The summed E-state index contributed by atoms with van der Waals surface area (Å²) < 4.78 is 0. The van der Waals surface area contributed by atoms with Gasteiger partial charge in [-0.15, -0.1) is 12.6 Å². The van der Waals surface area contributed by atoms with E-state index in [0.717, 1.165) is 36.6 Å². The number of benzene rings is 2. The van der Waals surface area contributed by atoms with Gasteiger partial charge in [0.25, 0.3) is 5.91 Å². The predicted octanol–water partition coefficient (Wildman–Crippen LogP) is 2.94. The molecule has 0 atom stereocenters. The van der Waals surface area contributed by atoms with Crippen LogP contribution in [0.5, 0.6) is 0 Å². The highest BCUT2D eigenvalue weighted by atomic mass is 32.1. The highest BCUT2D eigenvalue weighted by Gasteiger charge is 2.22. The Bertz CT molecular complexity index is 604. The number of carbonyl (C=O) groups is 1. The fourth-order valence-corrected chi connectivity index (χ4v) is 2.74. The van der Waals surface area contributed by atoms with Crippen LogP contribution in [-0.2, 0) is 0 Å². The third-order valence-corrected chi connectivity index (χ3v) is 4.10. The van der Waals surface area contributed by atoms with E-state index < -0.39 is 0 Å². The number of nitrogens with zero attached hydrogens (tertiary/aromatic N) is 2. The number of amides is 1. The Hall–Kier alpha value is -1.94. The van der Waals surface area contributed by atoms with Crippen LogP contribution in [0.4, 0.5) is 5.69 Å². The molecule has 1 fully saturated rings. The quantitative estimate of drug-likeness (QED) is 0.862. The fourth-order valence-electron chi connectivity index (χ4n) is 2.59. The monoisotopic (exact) mass is 298 g/mol. The van der Waals surface area contributed by atoms with Crippen LogP contribution in [0.3, 0.4) is 0 Å². The number of anilines is 1. The second-order valence-electron chi connectivity index (χ2n) is 5.16. The molecule has 108 valence electrons. The fraction of sp³-hybridized carbons (Fsp3) is 0.235. The van der Waals surface area contributed by atoms with Gasteiger partial charge in [0.05, 0.1) is 0 Å². The van der Waals surface area contributed by atoms with E-state index in [1.807, 2.05) is 47.4 Å². The maximum Gasteiger partial charge on any atom is 0.253 e. The van der Waals surface area contributed by atoms with Crippen molar-refractivity contribution in [2.24, 2.45) is 0 Å². The molecule has 2 aromatic carbocycles. The largest absolute Gasteiger partial charge is 0.368 e. The first-order valence-corrected chi connectivity index (χ1v) is 7.57. The van der Waals surface area contributed by atoms with Crippen LogP contribution >= 0.6 is 12.6 Å². The average Bonchev–Trinajstić information content (AvgIpc) is 2.56. The van der Waals surface area contributed by atoms with Gasteiger partial charge in [-0.2, -0.15) is 0 Å². The van der Waals surface area contributed by atoms with Crippen molar-refractivity contribution in [1.29, 1.82) is 0 Å². The van der Waals surface area contributed by atoms with Crippen LogP contribution in [0.2, 0.25) is 0 Å². The van der Waals surface area contributed by atoms with E-state index >= 15 is 0 Å². The second kappa shape index (κ2) is 6.22. The Kier molecular flexibility index (Phi) is 4.15. The van der Waals surface area contributed by atoms with Crippen molar-refractivity contribution >= 4 is 24.2 Å². The first kappa shape index (κ1) is 14.0. The topological polar surface area (TPSA) is 23.6 Å². The van der Waals surface area contributed by atoms with Crippen molar-refractivity contribution < 1.29 is 4.79 Å². The minimum Gasteiger partial charge on any atom is -0.368 e. The zero-order valence-electron chi connectivity index (χ0n) is 11.8. The average molecular weight is 298 g/mol. The number of piperazine rings is 1. The van der Waals surface area contributed by atoms with Gasteiger partial charge in [0.2, 0.25) is 0 Å². The van der Waals surface area contributed by atoms with Crippen LogP contribution in [0, 0.1) is 0 Å². The van der Waals surface area contributed by atoms with Crippen LogP contribution in [0.15, 0.2) is 59.5 Å². The number of para-hydroxylation sites is 1. The zero-order chi connectivity index (χ0) is 14.7. The molecule has 0 radical (unpaired) electrons. The molecule has 3 rings (SSSR count). The van der Waals surface area contributed by atoms with E-state index in [0.29, 0.717) is 0 Å². The van der Waals surface area contributed by atoms with Gasteiger partial charge in [0.1, 0.15) is 0 Å². The first-order valence-electron chi connectivity index (χ1n) is 7.12. The van der Waals surface area contributed by atoms with Crippen LogP contribution in [0.1, 0.15) is 10.4 Å². The third kappa shape index (κ3) is 3.22. The lowest BCUT2D eigenvalue weighted by Crippen LogP contribution is -2.48. The Balaban J connectivity index is 1.63. The molecule has 1 saturated heterocycles. The van der Waals surface area contributed by atoms with Gasteiger partial charge in [0.15, 0.2) is 0 Å². The molecule has 1 heterocycles. The van der Waals surface area contributed by atoms with Gasteiger partial charge in [0, 0.05) is 42.3 Å². The third-order valence-electron chi connectivity index (χ3n) is 3.80. The van der Waals surface area contributed by atoms with Crippen LogP contribution < -0.4 is 4.90 Å². The standard InChI is InChI=1S/C17H18N2OS/c20-17(14-6-8-16(21)9-7-14)19-12-10-18(11-13-19)15-4-2-1-3-5-15/h1-9,21H,10-13H2. The summed E-state index contributed by atoms with van der Waals surface area (Å²) in [5.74, 6) is 0.107. The summed E-state index contributed by atoms with van der Waals surface area (Å²) >= 11 is 4.25. The molecule has 21 heavy (non-hydrogen) atoms. The Morgan fingerprint density at radius 1 is 0.857 bits per heavy atom. The summed E-state index contributed by atoms with van der Waals surface area (Å²) in [7, 11) is 0. The summed E-state index contributed by atoms with van der Waals surface area (Å²) in [6.07, 6.45) is 0. The molecule has 1 aliphatic rings. The lowest BCUT2D eigenvalue weighted by Gasteiger charge is -2.36. The molecule has 1 amide bonds. The minimum absolute atomic E-state index is 0.107. The number of hydrogen-bond acceptors (Lipinski definition) is 3. The van der Waals surface area contributed by atoms with E-state index in [4.69, 9.17) is 0 Å². The summed E-state index contributed by atoms with van der Waals surface area (Å²) in [5, 5.41) is 0. The molecule has 0 spiro atoms. The summed E-state index contributed by atoms with van der Waals surface area (Å²) in [6, 6.07) is 17.7. The van der Waals surface area contributed by atoms with Gasteiger partial charge in [-0.05, 0) is 36.4 Å². The molecule has 0 saturated carbocycles. The molecule has 2 aromatic rings. The summed E-state index contributed by atoms with van der Waals surface area (Å²) in [6.45, 7) is 3.27. The van der Waals surface area contributed by atoms with Crippen molar-refractivity contribution in [1.82, 2.24) is 4.90 Å². The molecule has 0 aromatic heterocycles. The first-order chi connectivity index (χ1) is 10.2. The maximum atomic E-state index is 12.4. The number of rotatable bonds is 2. The number of hydrogen-bond donors (Lipinski definition) is 1. The predicted molar refractivity (Wildman–Crippen MR) is 88.3 cm³/mol. The maximum absolute atomic E-state index is 12.4. The lowest BCUT2D eigenvalue weighted by molar-refractivity contribution is 0.0746. The summed E-state index contributed by atoms with van der Waals surface area (Å²) in [5.41, 5.74) is 1.96.